The first-order chi connectivity index (χ1) is 18.9. The largest absolute Gasteiger partial charge is 0.503 e. The molecule has 1 unspecified atom stereocenters. The van der Waals surface area contributed by atoms with E-state index in [9.17, 15) is 19.5 Å². The third-order valence-electron chi connectivity index (χ3n) is 6.24. The highest BCUT2D eigenvalue weighted by Gasteiger charge is 2.46. The van der Waals surface area contributed by atoms with Gasteiger partial charge in [0, 0.05) is 17.4 Å². The van der Waals surface area contributed by atoms with Crippen molar-refractivity contribution in [1.29, 1.82) is 0 Å². The Morgan fingerprint density at radius 3 is 2.54 bits per heavy atom. The number of esters is 1. The van der Waals surface area contributed by atoms with Crippen LogP contribution in [0.1, 0.15) is 50.8 Å². The number of Topliss-reactive ketones (excluding diaryl/α,β-unsaturated/α-hetero) is 1. The van der Waals surface area contributed by atoms with Crippen molar-refractivity contribution in [1.82, 2.24) is 9.97 Å². The van der Waals surface area contributed by atoms with Crippen molar-refractivity contribution in [2.45, 2.75) is 26.3 Å². The molecule has 1 atom stereocenters. The molecule has 9 heteroatoms. The molecular formula is C30H25N3O5S. The molecule has 0 saturated heterocycles. The van der Waals surface area contributed by atoms with Gasteiger partial charge in [0.15, 0.2) is 5.76 Å². The second-order valence-corrected chi connectivity index (χ2v) is 9.91. The van der Waals surface area contributed by atoms with Gasteiger partial charge in [-0.2, -0.15) is 0 Å². The summed E-state index contributed by atoms with van der Waals surface area (Å²) in [4.78, 5) is 50.6. The zero-order valence-electron chi connectivity index (χ0n) is 21.3. The van der Waals surface area contributed by atoms with Crippen LogP contribution in [0.3, 0.4) is 0 Å². The summed E-state index contributed by atoms with van der Waals surface area (Å²) in [6.45, 7) is 3.89. The van der Waals surface area contributed by atoms with E-state index >= 15 is 0 Å². The van der Waals surface area contributed by atoms with Crippen molar-refractivity contribution in [2.75, 3.05) is 11.5 Å². The van der Waals surface area contributed by atoms with E-state index in [1.165, 1.54) is 22.3 Å². The second-order valence-electron chi connectivity index (χ2n) is 8.91. The van der Waals surface area contributed by atoms with Gasteiger partial charge in [-0.15, -0.1) is 11.3 Å². The standard InChI is InChI=1S/C30H25N3O5S/c1-3-16-38-30(37)20-12-9-13-21(17-20)33-24(22-14-7-8-15-31-22)23(26(35)29(33)36)25(34)27-18(2)32-28(39-27)19-10-5-4-6-11-19/h4-15,17,24,35H,3,16H2,1-2H3. The summed E-state index contributed by atoms with van der Waals surface area (Å²) >= 11 is 1.20. The summed E-state index contributed by atoms with van der Waals surface area (Å²) in [6, 6.07) is 20.0. The molecule has 0 saturated carbocycles. The number of anilines is 1. The van der Waals surface area contributed by atoms with Gasteiger partial charge in [0.1, 0.15) is 11.0 Å². The number of carbonyl (C=O) groups excluding carboxylic acids is 3. The maximum atomic E-state index is 14.0. The fourth-order valence-corrected chi connectivity index (χ4v) is 5.44. The lowest BCUT2D eigenvalue weighted by Crippen LogP contribution is -2.31. The van der Waals surface area contributed by atoms with E-state index in [4.69, 9.17) is 4.74 Å². The third kappa shape index (κ3) is 4.96. The number of rotatable bonds is 8. The number of carbonyl (C=O) groups is 3. The molecule has 3 heterocycles. The van der Waals surface area contributed by atoms with Gasteiger partial charge in [-0.05, 0) is 43.7 Å². The minimum atomic E-state index is -1.02. The summed E-state index contributed by atoms with van der Waals surface area (Å²) in [6.07, 6.45) is 2.23. The van der Waals surface area contributed by atoms with Crippen LogP contribution in [0.15, 0.2) is 90.3 Å². The number of ether oxygens (including phenoxy) is 1. The molecule has 0 spiro atoms. The highest BCUT2D eigenvalue weighted by molar-refractivity contribution is 7.17. The molecule has 2 aromatic heterocycles. The Hall–Kier alpha value is -4.63. The van der Waals surface area contributed by atoms with Gasteiger partial charge < -0.3 is 9.84 Å². The average Bonchev–Trinajstić information content (AvgIpc) is 3.49. The monoisotopic (exact) mass is 539 g/mol. The lowest BCUT2D eigenvalue weighted by atomic mass is 9.98. The Labute approximate surface area is 229 Å². The number of thiazole rings is 1. The SMILES string of the molecule is CCCOC(=O)c1cccc(N2C(=O)C(O)=C(C(=O)c3sc(-c4ccccc4)nc3C)C2c2ccccn2)c1. The topological polar surface area (TPSA) is 110 Å². The van der Waals surface area contributed by atoms with Crippen molar-refractivity contribution < 1.29 is 24.2 Å². The summed E-state index contributed by atoms with van der Waals surface area (Å²) < 4.78 is 5.25. The van der Waals surface area contributed by atoms with Gasteiger partial charge in [-0.1, -0.05) is 49.4 Å². The van der Waals surface area contributed by atoms with Crippen LogP contribution in [0, 0.1) is 6.92 Å². The number of aliphatic hydroxyl groups excluding tert-OH is 1. The first kappa shape index (κ1) is 26.0. The van der Waals surface area contributed by atoms with Crippen LogP contribution in [0.5, 0.6) is 0 Å². The number of benzene rings is 2. The van der Waals surface area contributed by atoms with Crippen molar-refractivity contribution in [3.8, 4) is 10.6 Å². The Balaban J connectivity index is 1.58. The van der Waals surface area contributed by atoms with Crippen LogP contribution in [0.25, 0.3) is 10.6 Å². The van der Waals surface area contributed by atoms with Crippen molar-refractivity contribution in [3.05, 3.63) is 112 Å². The van der Waals surface area contributed by atoms with Gasteiger partial charge in [0.2, 0.25) is 5.78 Å². The van der Waals surface area contributed by atoms with Gasteiger partial charge in [-0.25, -0.2) is 9.78 Å². The van der Waals surface area contributed by atoms with Gasteiger partial charge in [-0.3, -0.25) is 19.5 Å². The van der Waals surface area contributed by atoms with Crippen molar-refractivity contribution in [3.63, 3.8) is 0 Å². The van der Waals surface area contributed by atoms with E-state index < -0.39 is 29.5 Å². The number of aliphatic hydroxyl groups is 1. The molecule has 0 fully saturated rings. The average molecular weight is 540 g/mol. The van der Waals surface area contributed by atoms with Crippen LogP contribution < -0.4 is 4.90 Å². The molecule has 5 rings (SSSR count). The molecule has 2 aromatic carbocycles. The summed E-state index contributed by atoms with van der Waals surface area (Å²) in [5.41, 5.74) is 2.22. The normalized spacial score (nSPS) is 15.1. The van der Waals surface area contributed by atoms with E-state index in [1.807, 2.05) is 37.3 Å². The molecule has 1 aliphatic rings. The molecule has 1 aliphatic heterocycles. The Kier molecular flexibility index (Phi) is 7.33. The van der Waals surface area contributed by atoms with E-state index in [-0.39, 0.29) is 17.7 Å². The molecule has 0 radical (unpaired) electrons. The number of pyridine rings is 1. The van der Waals surface area contributed by atoms with Crippen LogP contribution in [0.4, 0.5) is 5.69 Å². The van der Waals surface area contributed by atoms with Crippen LogP contribution in [-0.2, 0) is 9.53 Å². The predicted molar refractivity (Wildman–Crippen MR) is 148 cm³/mol. The molecular weight excluding hydrogens is 514 g/mol. The number of aromatic nitrogens is 2. The van der Waals surface area contributed by atoms with E-state index in [1.54, 1.807) is 49.5 Å². The number of aryl methyl sites for hydroxylation is 1. The Bertz CT molecular complexity index is 1580. The van der Waals surface area contributed by atoms with Crippen LogP contribution in [-0.4, -0.2) is 39.3 Å². The smallest absolute Gasteiger partial charge is 0.338 e. The lowest BCUT2D eigenvalue weighted by Gasteiger charge is -2.26. The number of amides is 1. The molecule has 1 N–H and O–H groups in total. The first-order valence-corrected chi connectivity index (χ1v) is 13.2. The van der Waals surface area contributed by atoms with E-state index in [0.717, 1.165) is 5.56 Å². The number of ketones is 1. The quantitative estimate of drug-likeness (QED) is 0.220. The number of nitrogens with zero attached hydrogens (tertiary/aromatic N) is 3. The fourth-order valence-electron chi connectivity index (χ4n) is 4.42. The lowest BCUT2D eigenvalue weighted by molar-refractivity contribution is -0.117. The Morgan fingerprint density at radius 2 is 1.82 bits per heavy atom. The fraction of sp³-hybridized carbons (Fsp3) is 0.167. The molecule has 8 nitrogen and oxygen atoms in total. The minimum absolute atomic E-state index is 0.0935. The van der Waals surface area contributed by atoms with E-state index in [0.29, 0.717) is 33.4 Å². The molecule has 0 aliphatic carbocycles. The number of hydrogen-bond acceptors (Lipinski definition) is 8. The maximum Gasteiger partial charge on any atom is 0.338 e. The molecule has 39 heavy (non-hydrogen) atoms. The minimum Gasteiger partial charge on any atom is -0.503 e. The van der Waals surface area contributed by atoms with E-state index in [2.05, 4.69) is 9.97 Å². The highest BCUT2D eigenvalue weighted by atomic mass is 32.1. The van der Waals surface area contributed by atoms with Gasteiger partial charge >= 0.3 is 5.97 Å². The zero-order chi connectivity index (χ0) is 27.5. The summed E-state index contributed by atoms with van der Waals surface area (Å²) in [5.74, 6) is -2.46. The maximum absolute atomic E-state index is 14.0. The van der Waals surface area contributed by atoms with Gasteiger partial charge in [0.05, 0.1) is 34.0 Å². The molecule has 196 valence electrons. The summed E-state index contributed by atoms with van der Waals surface area (Å²) in [5, 5.41) is 11.8. The van der Waals surface area contributed by atoms with Gasteiger partial charge in [0.25, 0.3) is 5.91 Å². The molecule has 1 amide bonds. The first-order valence-electron chi connectivity index (χ1n) is 12.4. The molecule has 0 bridgehead atoms. The zero-order valence-corrected chi connectivity index (χ0v) is 22.1. The summed E-state index contributed by atoms with van der Waals surface area (Å²) in [7, 11) is 0. The van der Waals surface area contributed by atoms with Crippen LogP contribution in [0.2, 0.25) is 0 Å². The second kappa shape index (κ2) is 11.0. The number of hydrogen-bond donors (Lipinski definition) is 1. The van der Waals surface area contributed by atoms with Crippen molar-refractivity contribution in [2.24, 2.45) is 0 Å². The van der Waals surface area contributed by atoms with Crippen molar-refractivity contribution >= 4 is 34.7 Å². The molecule has 4 aromatic rings. The third-order valence-corrected chi connectivity index (χ3v) is 7.45. The Morgan fingerprint density at radius 1 is 1.05 bits per heavy atom. The predicted octanol–water partition coefficient (Wildman–Crippen LogP) is 5.86. The van der Waals surface area contributed by atoms with Crippen LogP contribution >= 0.6 is 11.3 Å². The highest BCUT2D eigenvalue weighted by Crippen LogP contribution is 2.43.